The molecule has 7 nitrogen and oxygen atoms in total. The van der Waals surface area contributed by atoms with Crippen molar-refractivity contribution in [2.75, 3.05) is 13.1 Å². The molecule has 2 heterocycles. The van der Waals surface area contributed by atoms with Crippen LogP contribution in [0.3, 0.4) is 0 Å². The summed E-state index contributed by atoms with van der Waals surface area (Å²) in [5.74, 6) is -0.307. The summed E-state index contributed by atoms with van der Waals surface area (Å²) in [4.78, 5) is 12.2. The number of amides is 1. The van der Waals surface area contributed by atoms with Crippen molar-refractivity contribution >= 4 is 18.3 Å². The van der Waals surface area contributed by atoms with Gasteiger partial charge < -0.3 is 15.4 Å². The Kier molecular flexibility index (Phi) is 7.28. The minimum absolute atomic E-state index is 0. The molecule has 0 atom stereocenters. The first kappa shape index (κ1) is 20.1. The van der Waals surface area contributed by atoms with E-state index in [1.807, 2.05) is 0 Å². The topological polar surface area (TPSA) is 81.1 Å². The number of hydrogen-bond acceptors (Lipinski definition) is 5. The lowest BCUT2D eigenvalue weighted by atomic mass is 10.1. The maximum absolute atomic E-state index is 12.2. The monoisotopic (exact) mass is 387 g/mol. The number of hydrogen-bond donors (Lipinski definition) is 2. The van der Waals surface area contributed by atoms with E-state index < -0.39 is 6.61 Å². The molecule has 3 rings (SSSR count). The molecule has 26 heavy (non-hydrogen) atoms. The van der Waals surface area contributed by atoms with Crippen molar-refractivity contribution in [3.8, 4) is 5.75 Å². The van der Waals surface area contributed by atoms with E-state index in [0.717, 1.165) is 25.9 Å². The van der Waals surface area contributed by atoms with Gasteiger partial charge >= 0.3 is 6.61 Å². The Balaban J connectivity index is 0.00000243. The SMILES string of the molecule is Cl.O=C(NCc1cccc(OC(F)F)c1)c1cn(C2CCNCC2)nn1. The number of ether oxygens (including phenoxy) is 1. The Hall–Kier alpha value is -2.26. The van der Waals surface area contributed by atoms with Crippen LogP contribution >= 0.6 is 12.4 Å². The van der Waals surface area contributed by atoms with Crippen molar-refractivity contribution < 1.29 is 18.3 Å². The molecule has 0 spiro atoms. The number of nitrogens with zero attached hydrogens (tertiary/aromatic N) is 3. The van der Waals surface area contributed by atoms with Crippen molar-refractivity contribution in [3.05, 3.63) is 41.7 Å². The average Bonchev–Trinajstić information content (AvgIpc) is 3.10. The van der Waals surface area contributed by atoms with Crippen molar-refractivity contribution in [1.29, 1.82) is 0 Å². The third-order valence-corrected chi connectivity index (χ3v) is 4.00. The highest BCUT2D eigenvalue weighted by atomic mass is 35.5. The van der Waals surface area contributed by atoms with Gasteiger partial charge in [-0.1, -0.05) is 17.3 Å². The molecule has 0 bridgehead atoms. The molecular formula is C16H20ClF2N5O2. The minimum Gasteiger partial charge on any atom is -0.435 e. The summed E-state index contributed by atoms with van der Waals surface area (Å²) in [6.45, 7) is -0.860. The fourth-order valence-corrected chi connectivity index (χ4v) is 2.73. The molecule has 1 fully saturated rings. The summed E-state index contributed by atoms with van der Waals surface area (Å²) >= 11 is 0. The maximum atomic E-state index is 12.2. The quantitative estimate of drug-likeness (QED) is 0.793. The molecular weight excluding hydrogens is 368 g/mol. The lowest BCUT2D eigenvalue weighted by Gasteiger charge is -2.22. The second kappa shape index (κ2) is 9.44. The highest BCUT2D eigenvalue weighted by Crippen LogP contribution is 2.18. The number of halogens is 3. The second-order valence-corrected chi connectivity index (χ2v) is 5.77. The lowest BCUT2D eigenvalue weighted by molar-refractivity contribution is -0.0498. The molecule has 1 aromatic carbocycles. The highest BCUT2D eigenvalue weighted by Gasteiger charge is 2.18. The third kappa shape index (κ3) is 5.37. The largest absolute Gasteiger partial charge is 0.435 e. The maximum Gasteiger partial charge on any atom is 0.387 e. The predicted molar refractivity (Wildman–Crippen MR) is 92.7 cm³/mol. The number of alkyl halides is 2. The standard InChI is InChI=1S/C16H19F2N5O2.ClH/c17-16(18)25-13-3-1-2-11(8-13)9-20-15(24)14-10-23(22-21-14)12-4-6-19-7-5-12;/h1-3,8,10,12,16,19H,4-7,9H2,(H,20,24);1H. The fraction of sp³-hybridized carbons (Fsp3) is 0.438. The van der Waals surface area contributed by atoms with Crippen molar-refractivity contribution in [2.24, 2.45) is 0 Å². The van der Waals surface area contributed by atoms with E-state index in [-0.39, 0.29) is 42.3 Å². The Morgan fingerprint density at radius 3 is 2.88 bits per heavy atom. The van der Waals surface area contributed by atoms with E-state index >= 15 is 0 Å². The van der Waals surface area contributed by atoms with Gasteiger partial charge in [-0.15, -0.1) is 17.5 Å². The summed E-state index contributed by atoms with van der Waals surface area (Å²) in [7, 11) is 0. The Bertz CT molecular complexity index is 722. The average molecular weight is 388 g/mol. The van der Waals surface area contributed by atoms with Gasteiger partial charge in [-0.05, 0) is 43.6 Å². The van der Waals surface area contributed by atoms with Crippen LogP contribution in [0.15, 0.2) is 30.5 Å². The zero-order chi connectivity index (χ0) is 17.6. The predicted octanol–water partition coefficient (Wildman–Crippen LogP) is 2.16. The number of aromatic nitrogens is 3. The van der Waals surface area contributed by atoms with Gasteiger partial charge in [-0.2, -0.15) is 8.78 Å². The zero-order valence-electron chi connectivity index (χ0n) is 13.9. The van der Waals surface area contributed by atoms with E-state index in [9.17, 15) is 13.6 Å². The van der Waals surface area contributed by atoms with Gasteiger partial charge in [0.05, 0.1) is 12.2 Å². The van der Waals surface area contributed by atoms with E-state index in [2.05, 4.69) is 25.7 Å². The summed E-state index contributed by atoms with van der Waals surface area (Å²) in [5.41, 5.74) is 0.885. The van der Waals surface area contributed by atoms with E-state index in [1.54, 1.807) is 23.0 Å². The van der Waals surface area contributed by atoms with Crippen LogP contribution in [0.25, 0.3) is 0 Å². The van der Waals surface area contributed by atoms with Gasteiger partial charge in [-0.3, -0.25) is 4.79 Å². The summed E-state index contributed by atoms with van der Waals surface area (Å²) < 4.78 is 30.5. The molecule has 142 valence electrons. The Labute approximate surface area is 155 Å². The molecule has 10 heteroatoms. The van der Waals surface area contributed by atoms with E-state index in [1.165, 1.54) is 12.1 Å². The highest BCUT2D eigenvalue weighted by molar-refractivity contribution is 5.91. The molecule has 2 aromatic rings. The summed E-state index contributed by atoms with van der Waals surface area (Å²) in [6.07, 6.45) is 3.53. The number of carbonyl (C=O) groups excluding carboxylic acids is 1. The molecule has 1 aromatic heterocycles. The van der Waals surface area contributed by atoms with Crippen LogP contribution < -0.4 is 15.4 Å². The van der Waals surface area contributed by atoms with Crippen LogP contribution in [0.2, 0.25) is 0 Å². The van der Waals surface area contributed by atoms with Crippen LogP contribution in [0, 0.1) is 0 Å². The molecule has 0 unspecified atom stereocenters. The van der Waals surface area contributed by atoms with Gasteiger partial charge in [0.25, 0.3) is 5.91 Å². The van der Waals surface area contributed by atoms with Crippen LogP contribution in [0.1, 0.15) is 34.9 Å². The minimum atomic E-state index is -2.88. The van der Waals surface area contributed by atoms with Gasteiger partial charge in [-0.25, -0.2) is 4.68 Å². The molecule has 1 aliphatic heterocycles. The Morgan fingerprint density at radius 2 is 2.15 bits per heavy atom. The molecule has 0 aliphatic carbocycles. The summed E-state index contributed by atoms with van der Waals surface area (Å²) in [5, 5.41) is 13.9. The molecule has 0 saturated carbocycles. The van der Waals surface area contributed by atoms with Gasteiger partial charge in [0.2, 0.25) is 0 Å². The lowest BCUT2D eigenvalue weighted by Crippen LogP contribution is -2.29. The molecule has 1 aliphatic rings. The third-order valence-electron chi connectivity index (χ3n) is 4.00. The van der Waals surface area contributed by atoms with Gasteiger partial charge in [0.1, 0.15) is 5.75 Å². The first-order valence-corrected chi connectivity index (χ1v) is 8.06. The van der Waals surface area contributed by atoms with Gasteiger partial charge in [0.15, 0.2) is 5.69 Å². The molecule has 2 N–H and O–H groups in total. The number of carbonyl (C=O) groups is 1. The number of nitrogens with one attached hydrogen (secondary N) is 2. The number of benzene rings is 1. The van der Waals surface area contributed by atoms with E-state index in [0.29, 0.717) is 5.56 Å². The van der Waals surface area contributed by atoms with Crippen LogP contribution in [-0.4, -0.2) is 40.6 Å². The normalized spacial score (nSPS) is 14.7. The van der Waals surface area contributed by atoms with Crippen LogP contribution in [0.4, 0.5) is 8.78 Å². The second-order valence-electron chi connectivity index (χ2n) is 5.77. The smallest absolute Gasteiger partial charge is 0.387 e. The first-order valence-electron chi connectivity index (χ1n) is 8.06. The number of rotatable bonds is 6. The van der Waals surface area contributed by atoms with Gasteiger partial charge in [0, 0.05) is 6.54 Å². The van der Waals surface area contributed by atoms with Crippen LogP contribution in [0.5, 0.6) is 5.75 Å². The Morgan fingerprint density at radius 1 is 1.38 bits per heavy atom. The number of piperidine rings is 1. The van der Waals surface area contributed by atoms with Crippen molar-refractivity contribution in [2.45, 2.75) is 32.0 Å². The molecule has 1 saturated heterocycles. The van der Waals surface area contributed by atoms with E-state index in [4.69, 9.17) is 0 Å². The van der Waals surface area contributed by atoms with Crippen molar-refractivity contribution in [1.82, 2.24) is 25.6 Å². The molecule has 0 radical (unpaired) electrons. The first-order chi connectivity index (χ1) is 12.1. The fourth-order valence-electron chi connectivity index (χ4n) is 2.73. The van der Waals surface area contributed by atoms with Crippen LogP contribution in [-0.2, 0) is 6.54 Å². The summed E-state index contributed by atoms with van der Waals surface area (Å²) in [6, 6.07) is 6.44. The molecule has 1 amide bonds. The van der Waals surface area contributed by atoms with Crippen molar-refractivity contribution in [3.63, 3.8) is 0 Å². The zero-order valence-corrected chi connectivity index (χ0v) is 14.7.